The maximum absolute atomic E-state index is 11.7. The Balaban J connectivity index is 2.38. The summed E-state index contributed by atoms with van der Waals surface area (Å²) in [7, 11) is 4.07. The summed E-state index contributed by atoms with van der Waals surface area (Å²) in [6.45, 7) is 5.23. The molecule has 3 N–H and O–H groups in total. The zero-order chi connectivity index (χ0) is 14.4. The van der Waals surface area contributed by atoms with Crippen LogP contribution in [0.2, 0.25) is 0 Å². The minimum Gasteiger partial charge on any atom is -0.464 e. The van der Waals surface area contributed by atoms with Crippen LogP contribution in [0.15, 0.2) is 0 Å². The van der Waals surface area contributed by atoms with Crippen LogP contribution in [-0.2, 0) is 14.3 Å². The van der Waals surface area contributed by atoms with Crippen molar-refractivity contribution in [1.82, 2.24) is 15.1 Å². The van der Waals surface area contributed by atoms with Gasteiger partial charge >= 0.3 is 5.97 Å². The smallest absolute Gasteiger partial charge is 0.332 e. The van der Waals surface area contributed by atoms with Crippen LogP contribution in [0.4, 0.5) is 0 Å². The number of hydrogen-bond acceptors (Lipinski definition) is 6. The average molecular weight is 272 g/mol. The van der Waals surface area contributed by atoms with E-state index in [0.29, 0.717) is 6.54 Å². The molecular weight excluding hydrogens is 248 g/mol. The van der Waals surface area contributed by atoms with Gasteiger partial charge in [-0.1, -0.05) is 0 Å². The minimum absolute atomic E-state index is 0.218. The second kappa shape index (κ2) is 7.42. The quantitative estimate of drug-likeness (QED) is 0.455. The molecule has 7 nitrogen and oxygen atoms in total. The lowest BCUT2D eigenvalue weighted by Gasteiger charge is -2.37. The SMILES string of the molecule is CCOC(=O)C(N)C(=O)NCC1CN(C)CCN1C. The normalized spacial score (nSPS) is 22.8. The van der Waals surface area contributed by atoms with Gasteiger partial charge in [0.15, 0.2) is 6.04 Å². The summed E-state index contributed by atoms with van der Waals surface area (Å²) < 4.78 is 4.71. The van der Waals surface area contributed by atoms with Gasteiger partial charge in [0.1, 0.15) is 0 Å². The third kappa shape index (κ3) is 4.77. The van der Waals surface area contributed by atoms with E-state index in [1.165, 1.54) is 0 Å². The van der Waals surface area contributed by atoms with Crippen molar-refractivity contribution in [3.8, 4) is 0 Å². The molecule has 1 rings (SSSR count). The molecule has 1 aliphatic rings. The Morgan fingerprint density at radius 1 is 1.42 bits per heavy atom. The first kappa shape index (κ1) is 15.9. The van der Waals surface area contributed by atoms with Crippen LogP contribution < -0.4 is 11.1 Å². The van der Waals surface area contributed by atoms with Crippen LogP contribution >= 0.6 is 0 Å². The molecule has 1 fully saturated rings. The fourth-order valence-electron chi connectivity index (χ4n) is 1.99. The first-order chi connectivity index (χ1) is 8.95. The predicted octanol–water partition coefficient (Wildman–Crippen LogP) is -1.76. The van der Waals surface area contributed by atoms with Crippen molar-refractivity contribution < 1.29 is 14.3 Å². The van der Waals surface area contributed by atoms with E-state index in [4.69, 9.17) is 10.5 Å². The number of amides is 1. The zero-order valence-electron chi connectivity index (χ0n) is 11.9. The molecule has 0 spiro atoms. The molecule has 19 heavy (non-hydrogen) atoms. The molecular formula is C12H24N4O3. The van der Waals surface area contributed by atoms with Crippen LogP contribution in [0.1, 0.15) is 6.92 Å². The summed E-state index contributed by atoms with van der Waals surface area (Å²) in [6, 6.07) is -1.01. The number of esters is 1. The summed E-state index contributed by atoms with van der Waals surface area (Å²) in [5, 5.41) is 2.71. The molecule has 0 saturated carbocycles. The molecule has 1 heterocycles. The Kier molecular flexibility index (Phi) is 6.20. The lowest BCUT2D eigenvalue weighted by Crippen LogP contribution is -2.56. The van der Waals surface area contributed by atoms with Crippen molar-refractivity contribution in [2.45, 2.75) is 19.0 Å². The molecule has 2 unspecified atom stereocenters. The second-order valence-electron chi connectivity index (χ2n) is 4.87. The number of likely N-dealkylation sites (N-methyl/N-ethyl adjacent to an activating group) is 2. The molecule has 110 valence electrons. The molecule has 0 aromatic heterocycles. The maximum Gasteiger partial charge on any atom is 0.332 e. The lowest BCUT2D eigenvalue weighted by molar-refractivity contribution is -0.148. The standard InChI is InChI=1S/C12H24N4O3/c1-4-19-12(18)10(13)11(17)14-7-9-8-15(2)5-6-16(9)3/h9-10H,4-8,13H2,1-3H3,(H,14,17). The van der Waals surface area contributed by atoms with Crippen molar-refractivity contribution in [1.29, 1.82) is 0 Å². The van der Waals surface area contributed by atoms with Gasteiger partial charge < -0.3 is 20.7 Å². The molecule has 2 atom stereocenters. The average Bonchev–Trinajstić information content (AvgIpc) is 2.38. The highest BCUT2D eigenvalue weighted by atomic mass is 16.5. The van der Waals surface area contributed by atoms with Crippen molar-refractivity contribution in [2.24, 2.45) is 5.73 Å². The Labute approximate surface area is 114 Å². The van der Waals surface area contributed by atoms with Gasteiger partial charge in [0.05, 0.1) is 6.61 Å². The van der Waals surface area contributed by atoms with E-state index in [0.717, 1.165) is 19.6 Å². The van der Waals surface area contributed by atoms with Crippen LogP contribution in [0.25, 0.3) is 0 Å². The van der Waals surface area contributed by atoms with E-state index in [9.17, 15) is 9.59 Å². The molecule has 0 aromatic rings. The van der Waals surface area contributed by atoms with Crippen molar-refractivity contribution in [3.63, 3.8) is 0 Å². The maximum atomic E-state index is 11.7. The fraction of sp³-hybridized carbons (Fsp3) is 0.833. The van der Waals surface area contributed by atoms with Crippen LogP contribution in [0, 0.1) is 0 Å². The number of nitrogens with two attached hydrogens (primary N) is 1. The van der Waals surface area contributed by atoms with Crippen molar-refractivity contribution in [2.75, 3.05) is 46.9 Å². The van der Waals surface area contributed by atoms with Crippen molar-refractivity contribution in [3.05, 3.63) is 0 Å². The zero-order valence-corrected chi connectivity index (χ0v) is 11.9. The highest BCUT2D eigenvalue weighted by molar-refractivity contribution is 6.01. The van der Waals surface area contributed by atoms with E-state index in [2.05, 4.69) is 15.1 Å². The summed E-state index contributed by atoms with van der Waals surface area (Å²) in [6.07, 6.45) is 0. The number of nitrogens with one attached hydrogen (secondary N) is 1. The van der Waals surface area contributed by atoms with E-state index in [1.807, 2.05) is 14.1 Å². The van der Waals surface area contributed by atoms with Crippen LogP contribution in [0.3, 0.4) is 0 Å². The van der Waals surface area contributed by atoms with Gasteiger partial charge in [-0.15, -0.1) is 0 Å². The van der Waals surface area contributed by atoms with Crippen LogP contribution in [0.5, 0.6) is 0 Å². The number of nitrogens with zero attached hydrogens (tertiary/aromatic N) is 2. The number of ether oxygens (including phenoxy) is 1. The molecule has 1 amide bonds. The first-order valence-corrected chi connectivity index (χ1v) is 6.54. The highest BCUT2D eigenvalue weighted by Gasteiger charge is 2.26. The predicted molar refractivity (Wildman–Crippen MR) is 71.5 cm³/mol. The third-order valence-electron chi connectivity index (χ3n) is 3.32. The number of piperazine rings is 1. The van der Waals surface area contributed by atoms with Gasteiger partial charge in [-0.2, -0.15) is 0 Å². The Bertz CT molecular complexity index is 324. The van der Waals surface area contributed by atoms with Crippen molar-refractivity contribution >= 4 is 11.9 Å². The fourth-order valence-corrected chi connectivity index (χ4v) is 1.99. The van der Waals surface area contributed by atoms with Gasteiger partial charge in [-0.25, -0.2) is 4.79 Å². The summed E-state index contributed by atoms with van der Waals surface area (Å²) >= 11 is 0. The van der Waals surface area contributed by atoms with E-state index < -0.39 is 17.9 Å². The molecule has 0 aromatic carbocycles. The number of carbonyl (C=O) groups excluding carboxylic acids is 2. The molecule has 1 saturated heterocycles. The van der Waals surface area contributed by atoms with Gasteiger partial charge in [-0.05, 0) is 21.0 Å². The molecule has 0 aliphatic carbocycles. The summed E-state index contributed by atoms with van der Waals surface area (Å²) in [4.78, 5) is 27.4. The van der Waals surface area contributed by atoms with E-state index in [-0.39, 0.29) is 12.6 Å². The first-order valence-electron chi connectivity index (χ1n) is 6.54. The minimum atomic E-state index is -1.24. The molecule has 7 heteroatoms. The molecule has 0 bridgehead atoms. The number of hydrogen-bond donors (Lipinski definition) is 2. The van der Waals surface area contributed by atoms with E-state index >= 15 is 0 Å². The molecule has 1 aliphatic heterocycles. The molecule has 0 radical (unpaired) electrons. The Morgan fingerprint density at radius 3 is 2.74 bits per heavy atom. The topological polar surface area (TPSA) is 87.9 Å². The monoisotopic (exact) mass is 272 g/mol. The van der Waals surface area contributed by atoms with Gasteiger partial charge in [0.2, 0.25) is 5.91 Å². The Morgan fingerprint density at radius 2 is 2.11 bits per heavy atom. The van der Waals surface area contributed by atoms with Gasteiger partial charge in [0, 0.05) is 32.2 Å². The Hall–Kier alpha value is -1.18. The third-order valence-corrected chi connectivity index (χ3v) is 3.32. The summed E-state index contributed by atoms with van der Waals surface area (Å²) in [5.74, 6) is -1.17. The number of carbonyl (C=O) groups is 2. The second-order valence-corrected chi connectivity index (χ2v) is 4.87. The lowest BCUT2D eigenvalue weighted by atomic mass is 10.2. The van der Waals surface area contributed by atoms with Crippen LogP contribution in [-0.4, -0.2) is 80.6 Å². The van der Waals surface area contributed by atoms with E-state index in [1.54, 1.807) is 6.92 Å². The summed E-state index contributed by atoms with van der Waals surface area (Å²) in [5.41, 5.74) is 5.51. The largest absolute Gasteiger partial charge is 0.464 e. The highest BCUT2D eigenvalue weighted by Crippen LogP contribution is 2.04. The van der Waals surface area contributed by atoms with Gasteiger partial charge in [0.25, 0.3) is 0 Å². The number of rotatable bonds is 5. The van der Waals surface area contributed by atoms with Gasteiger partial charge in [-0.3, -0.25) is 9.69 Å².